The number of hydrogen-bond acceptors (Lipinski definition) is 9. The normalized spacial score (nSPS) is 22.4. The number of hydrogen-bond donors (Lipinski definition) is 7. The summed E-state index contributed by atoms with van der Waals surface area (Å²) >= 11 is 0. The van der Waals surface area contributed by atoms with Crippen molar-refractivity contribution in [1.29, 1.82) is 0 Å². The van der Waals surface area contributed by atoms with E-state index in [4.69, 9.17) is 19.4 Å². The minimum atomic E-state index is -1.56. The van der Waals surface area contributed by atoms with E-state index in [0.717, 1.165) is 151 Å². The summed E-state index contributed by atoms with van der Waals surface area (Å²) in [7, 11) is 0. The van der Waals surface area contributed by atoms with Crippen LogP contribution in [-0.4, -0.2) is 82.8 Å². The first-order chi connectivity index (χ1) is 30.2. The van der Waals surface area contributed by atoms with Gasteiger partial charge in [0.1, 0.15) is 36.3 Å². The first-order valence-electron chi connectivity index (χ1n) is 23.4. The second-order valence-electron chi connectivity index (χ2n) is 17.5. The number of H-pyrrole nitrogens is 2. The van der Waals surface area contributed by atoms with Crippen LogP contribution in [0, 0.1) is 0 Å². The summed E-state index contributed by atoms with van der Waals surface area (Å²) in [5.74, 6) is 0.177. The molecule has 1 aromatic carbocycles. The molecule has 11 heteroatoms. The summed E-state index contributed by atoms with van der Waals surface area (Å²) in [5.41, 5.74) is 12.1. The maximum absolute atomic E-state index is 12.1. The second kappa shape index (κ2) is 21.3. The maximum Gasteiger partial charge on any atom is 0.229 e. The molecule has 6 heterocycles. The van der Waals surface area contributed by atoms with Crippen molar-refractivity contribution in [2.75, 3.05) is 6.61 Å². The van der Waals surface area contributed by atoms with Gasteiger partial charge in [0.15, 0.2) is 0 Å². The van der Waals surface area contributed by atoms with Crippen molar-refractivity contribution in [2.24, 2.45) is 0 Å². The monoisotopic (exact) mass is 849 g/mol. The van der Waals surface area contributed by atoms with Crippen LogP contribution >= 0.6 is 0 Å². The van der Waals surface area contributed by atoms with E-state index < -0.39 is 43.4 Å². The highest BCUT2D eigenvalue weighted by Crippen LogP contribution is 2.41. The molecule has 7 atom stereocenters. The van der Waals surface area contributed by atoms with Crippen molar-refractivity contribution >= 4 is 34.2 Å². The zero-order valence-corrected chi connectivity index (χ0v) is 37.1. The van der Waals surface area contributed by atoms with E-state index in [0.29, 0.717) is 5.75 Å². The summed E-state index contributed by atoms with van der Waals surface area (Å²) < 4.78 is 11.8. The van der Waals surface area contributed by atoms with Gasteiger partial charge in [0.05, 0.1) is 29.4 Å². The summed E-state index contributed by atoms with van der Waals surface area (Å²) in [6.45, 7) is 8.24. The Bertz CT molecular complexity index is 2310. The molecule has 3 aromatic heterocycles. The first-order valence-corrected chi connectivity index (χ1v) is 23.4. The van der Waals surface area contributed by atoms with Gasteiger partial charge < -0.3 is 45.0 Å². The molecular weight excluding hydrogens is 781 g/mol. The molecule has 0 radical (unpaired) electrons. The van der Waals surface area contributed by atoms with Crippen molar-refractivity contribution in [3.8, 4) is 16.9 Å². The highest BCUT2D eigenvalue weighted by molar-refractivity contribution is 5.92. The molecule has 11 nitrogen and oxygen atoms in total. The lowest BCUT2D eigenvalue weighted by Crippen LogP contribution is -2.60. The number of aromatic nitrogens is 4. The highest BCUT2D eigenvalue weighted by Gasteiger charge is 2.44. The maximum atomic E-state index is 12.1. The average molecular weight is 849 g/mol. The van der Waals surface area contributed by atoms with E-state index in [-0.39, 0.29) is 5.92 Å². The molecule has 3 aliphatic rings. The summed E-state index contributed by atoms with van der Waals surface area (Å²) in [6, 6.07) is 16.0. The van der Waals surface area contributed by atoms with Gasteiger partial charge in [-0.25, -0.2) is 4.98 Å². The number of fused-ring (bicyclic) bond motifs is 8. The van der Waals surface area contributed by atoms with E-state index in [1.165, 1.54) is 18.4 Å². The number of unbranched alkanes of at least 4 members (excludes halogenated alkanes) is 9. The highest BCUT2D eigenvalue weighted by atomic mass is 16.7. The van der Waals surface area contributed by atoms with E-state index in [9.17, 15) is 25.5 Å². The largest absolute Gasteiger partial charge is 0.462 e. The molecule has 5 unspecified atom stereocenters. The van der Waals surface area contributed by atoms with Gasteiger partial charge in [-0.3, -0.25) is 4.98 Å². The van der Waals surface area contributed by atoms with E-state index in [1.807, 2.05) is 18.2 Å². The molecular formula is C51H68N4O7. The van der Waals surface area contributed by atoms with Crippen molar-refractivity contribution in [2.45, 2.75) is 167 Å². The summed E-state index contributed by atoms with van der Waals surface area (Å²) in [4.78, 5) is 18.5. The van der Waals surface area contributed by atoms with Crippen LogP contribution < -0.4 is 4.74 Å². The molecule has 334 valence electrons. The Balaban J connectivity index is 1.47. The van der Waals surface area contributed by atoms with E-state index in [1.54, 1.807) is 6.07 Å². The van der Waals surface area contributed by atoms with Crippen molar-refractivity contribution in [3.05, 3.63) is 88.0 Å². The number of nitrogens with zero attached hydrogens (tertiary/aromatic N) is 2. The van der Waals surface area contributed by atoms with Crippen molar-refractivity contribution in [1.82, 2.24) is 19.9 Å². The van der Waals surface area contributed by atoms with Crippen molar-refractivity contribution in [3.63, 3.8) is 0 Å². The lowest BCUT2D eigenvalue weighted by Gasteiger charge is -2.39. The molecule has 7 rings (SSSR count). The number of ether oxygens (including phenoxy) is 2. The third-order valence-corrected chi connectivity index (χ3v) is 12.9. The van der Waals surface area contributed by atoms with Crippen LogP contribution in [0.25, 0.3) is 45.3 Å². The van der Waals surface area contributed by atoms with Gasteiger partial charge in [-0.05, 0) is 104 Å². The predicted molar refractivity (Wildman–Crippen MR) is 247 cm³/mol. The van der Waals surface area contributed by atoms with E-state index >= 15 is 0 Å². The quantitative estimate of drug-likeness (QED) is 0.0399. The van der Waals surface area contributed by atoms with Crippen LogP contribution in [0.4, 0.5) is 0 Å². The van der Waals surface area contributed by atoms with Crippen LogP contribution in [0.5, 0.6) is 5.75 Å². The molecule has 62 heavy (non-hydrogen) atoms. The van der Waals surface area contributed by atoms with Gasteiger partial charge >= 0.3 is 0 Å². The topological polar surface area (TPSA) is 177 Å². The first kappa shape index (κ1) is 45.7. The lowest BCUT2D eigenvalue weighted by atomic mass is 9.93. The molecule has 8 bridgehead atoms. The molecule has 0 amide bonds. The van der Waals surface area contributed by atoms with Gasteiger partial charge in [-0.2, -0.15) is 0 Å². The number of aromatic amines is 2. The van der Waals surface area contributed by atoms with Crippen LogP contribution in [0.2, 0.25) is 0 Å². The molecule has 3 aliphatic heterocycles. The Morgan fingerprint density at radius 2 is 1.18 bits per heavy atom. The smallest absolute Gasteiger partial charge is 0.229 e. The summed E-state index contributed by atoms with van der Waals surface area (Å²) in [5, 5.41) is 53.6. The predicted octanol–water partition coefficient (Wildman–Crippen LogP) is 9.54. The fourth-order valence-corrected chi connectivity index (χ4v) is 9.26. The molecule has 0 spiro atoms. The number of aliphatic hydroxyl groups is 5. The Morgan fingerprint density at radius 3 is 1.81 bits per heavy atom. The van der Waals surface area contributed by atoms with Crippen LogP contribution in [0.1, 0.15) is 156 Å². The van der Waals surface area contributed by atoms with Gasteiger partial charge in [0.25, 0.3) is 0 Å². The lowest BCUT2D eigenvalue weighted by molar-refractivity contribution is -0.277. The SMILES string of the molecule is CCCCCCc1c2nc(c(-c3cccc(O[C@@H]4OC(CO)[C@@H](O)C(O)C4O)c3)c3ccc([nH]3)c(CCCCCC)c3nc(c(CCCCCC)c4ccc1[nH]4)C(C)C3O)C=C2. The Labute approximate surface area is 366 Å². The Kier molecular flexibility index (Phi) is 15.7. The molecule has 7 N–H and O–H groups in total. The standard InChI is InChI=1S/C51H68N4O7/c1-5-8-11-14-20-34-37-23-24-39(52-37)35(21-15-12-9-6-2)45-31(4)47(57)46(55-45)36(22-16-13-10-7-3)40-26-28-42(54-40)44(41-27-25-38(34)53-41)32-18-17-19-33(29-32)61-51-50(60)49(59)48(58)43(30-56)62-51/h17-19,23-29,31,43,47-52,54,56-60H,5-16,20-22,30H2,1-4H3/t31?,43?,47?,48-,49?,50?,51-/m1/s1. The third-order valence-electron chi connectivity index (χ3n) is 12.9. The molecule has 4 aromatic rings. The van der Waals surface area contributed by atoms with Gasteiger partial charge in [-0.15, -0.1) is 0 Å². The Morgan fingerprint density at radius 1 is 0.613 bits per heavy atom. The van der Waals surface area contributed by atoms with Crippen LogP contribution in [-0.2, 0) is 24.0 Å². The van der Waals surface area contributed by atoms with Crippen LogP contribution in [0.3, 0.4) is 0 Å². The third kappa shape index (κ3) is 10.0. The minimum Gasteiger partial charge on any atom is -0.462 e. The van der Waals surface area contributed by atoms with Crippen molar-refractivity contribution < 1.29 is 35.0 Å². The fourth-order valence-electron chi connectivity index (χ4n) is 9.26. The molecule has 1 saturated heterocycles. The number of rotatable bonds is 19. The summed E-state index contributed by atoms with van der Waals surface area (Å²) in [6.07, 6.45) is 12.2. The number of benzene rings is 1. The number of nitrogens with one attached hydrogen (secondary N) is 2. The Hall–Kier alpha value is -4.36. The molecule has 1 fully saturated rings. The second-order valence-corrected chi connectivity index (χ2v) is 17.5. The average Bonchev–Trinajstić information content (AvgIpc) is 4.11. The van der Waals surface area contributed by atoms with Gasteiger partial charge in [-0.1, -0.05) is 97.6 Å². The van der Waals surface area contributed by atoms with Gasteiger partial charge in [0.2, 0.25) is 6.29 Å². The van der Waals surface area contributed by atoms with Gasteiger partial charge in [0, 0.05) is 39.1 Å². The fraction of sp³-hybridized carbons (Fsp3) is 0.529. The minimum absolute atomic E-state index is 0.182. The molecule has 0 saturated carbocycles. The van der Waals surface area contributed by atoms with Crippen LogP contribution in [0.15, 0.2) is 48.5 Å². The number of aryl methyl sites for hydroxylation is 3. The zero-order chi connectivity index (χ0) is 43.8. The van der Waals surface area contributed by atoms with E-state index in [2.05, 4.69) is 74.1 Å². The zero-order valence-electron chi connectivity index (χ0n) is 37.1. The molecule has 0 aliphatic carbocycles. The number of aliphatic hydroxyl groups excluding tert-OH is 5.